The molecule has 0 spiro atoms. The maximum absolute atomic E-state index is 9.95. The average Bonchev–Trinajstić information content (AvgIpc) is 2.54. The van der Waals surface area contributed by atoms with E-state index in [-0.39, 0.29) is 0 Å². The van der Waals surface area contributed by atoms with E-state index < -0.39 is 5.03 Å². The fourth-order valence-corrected chi connectivity index (χ4v) is 2.30. The molecule has 6 nitrogen and oxygen atoms in total. The standard InChI is InChI=1S/C12H26N2O2.C4H9NO/c1-2-3-4-5-6-7-8-9-10-11-12-13-14(15)16;1-3-6-4-2-5-1/h13H,2-12H2,1H3;5H,1-4H2. The van der Waals surface area contributed by atoms with Gasteiger partial charge in [0.25, 0.3) is 0 Å². The van der Waals surface area contributed by atoms with Gasteiger partial charge in [-0.3, -0.25) is 0 Å². The molecule has 0 aromatic heterocycles. The van der Waals surface area contributed by atoms with Crippen LogP contribution in [0.15, 0.2) is 0 Å². The molecule has 1 aliphatic heterocycles. The molecule has 0 aliphatic carbocycles. The summed E-state index contributed by atoms with van der Waals surface area (Å²) >= 11 is 0. The molecule has 2 N–H and O–H groups in total. The van der Waals surface area contributed by atoms with Crippen LogP contribution in [0.4, 0.5) is 0 Å². The SMILES string of the molecule is C1COCCN1.CCCCCCCCCCCCN[N+](=O)[O-]. The molecular formula is C16H35N3O3. The number of hydrogen-bond donors (Lipinski definition) is 2. The molecule has 0 aromatic carbocycles. The Morgan fingerprint density at radius 2 is 1.45 bits per heavy atom. The lowest BCUT2D eigenvalue weighted by Crippen LogP contribution is -2.30. The summed E-state index contributed by atoms with van der Waals surface area (Å²) in [6.07, 6.45) is 12.6. The van der Waals surface area contributed by atoms with E-state index in [0.29, 0.717) is 6.54 Å². The van der Waals surface area contributed by atoms with E-state index in [1.807, 2.05) is 0 Å². The summed E-state index contributed by atoms with van der Waals surface area (Å²) < 4.78 is 5.01. The van der Waals surface area contributed by atoms with Gasteiger partial charge in [-0.25, -0.2) is 10.1 Å². The second-order valence-corrected chi connectivity index (χ2v) is 5.71. The first kappa shape index (κ1) is 21.1. The fourth-order valence-electron chi connectivity index (χ4n) is 2.30. The van der Waals surface area contributed by atoms with Crippen LogP contribution < -0.4 is 10.7 Å². The molecule has 0 amide bonds. The second-order valence-electron chi connectivity index (χ2n) is 5.71. The van der Waals surface area contributed by atoms with Gasteiger partial charge in [0.15, 0.2) is 5.03 Å². The number of rotatable bonds is 12. The minimum Gasteiger partial charge on any atom is -0.379 e. The average molecular weight is 317 g/mol. The summed E-state index contributed by atoms with van der Waals surface area (Å²) in [5.41, 5.74) is 2.19. The van der Waals surface area contributed by atoms with Crippen molar-refractivity contribution in [3.63, 3.8) is 0 Å². The van der Waals surface area contributed by atoms with Crippen LogP contribution in [0.25, 0.3) is 0 Å². The van der Waals surface area contributed by atoms with Gasteiger partial charge in [0.05, 0.1) is 19.8 Å². The molecule has 0 saturated carbocycles. The zero-order valence-electron chi connectivity index (χ0n) is 14.3. The molecule has 1 heterocycles. The van der Waals surface area contributed by atoms with E-state index in [1.165, 1.54) is 51.4 Å². The van der Waals surface area contributed by atoms with E-state index in [1.54, 1.807) is 0 Å². The zero-order chi connectivity index (χ0) is 16.3. The minimum absolute atomic E-state index is 0.465. The van der Waals surface area contributed by atoms with E-state index >= 15 is 0 Å². The third kappa shape index (κ3) is 19.1. The largest absolute Gasteiger partial charge is 0.379 e. The summed E-state index contributed by atoms with van der Waals surface area (Å²) in [6, 6.07) is 0. The monoisotopic (exact) mass is 317 g/mol. The number of hydrazine groups is 1. The first-order valence-electron chi connectivity index (χ1n) is 8.93. The number of nitrogens with zero attached hydrogens (tertiary/aromatic N) is 1. The molecule has 0 aromatic rings. The molecule has 1 aliphatic rings. The van der Waals surface area contributed by atoms with Crippen molar-refractivity contribution in [3.8, 4) is 0 Å². The van der Waals surface area contributed by atoms with Gasteiger partial charge < -0.3 is 10.1 Å². The number of unbranched alkanes of at least 4 members (excludes halogenated alkanes) is 9. The molecule has 0 atom stereocenters. The first-order valence-corrected chi connectivity index (χ1v) is 8.93. The van der Waals surface area contributed by atoms with E-state index in [2.05, 4.69) is 17.7 Å². The van der Waals surface area contributed by atoms with E-state index in [9.17, 15) is 10.1 Å². The predicted octanol–water partition coefficient (Wildman–Crippen LogP) is 3.29. The highest BCUT2D eigenvalue weighted by molar-refractivity contribution is 4.49. The van der Waals surface area contributed by atoms with Gasteiger partial charge in [0.1, 0.15) is 0 Å². The molecule has 1 fully saturated rings. The van der Waals surface area contributed by atoms with Crippen molar-refractivity contribution in [3.05, 3.63) is 10.1 Å². The van der Waals surface area contributed by atoms with Crippen molar-refractivity contribution < 1.29 is 9.77 Å². The van der Waals surface area contributed by atoms with Crippen LogP contribution >= 0.6 is 0 Å². The highest BCUT2D eigenvalue weighted by Crippen LogP contribution is 2.10. The van der Waals surface area contributed by atoms with Gasteiger partial charge in [-0.2, -0.15) is 0 Å². The van der Waals surface area contributed by atoms with Gasteiger partial charge in [-0.05, 0) is 6.42 Å². The first-order chi connectivity index (χ1) is 10.8. The maximum Gasteiger partial charge on any atom is 0.157 e. The Bertz CT molecular complexity index is 225. The number of ether oxygens (including phenoxy) is 1. The van der Waals surface area contributed by atoms with Crippen LogP contribution in [-0.4, -0.2) is 37.9 Å². The summed E-state index contributed by atoms with van der Waals surface area (Å²) in [5.74, 6) is 0. The van der Waals surface area contributed by atoms with Gasteiger partial charge in [-0.15, -0.1) is 5.43 Å². The Balaban J connectivity index is 0.000000604. The smallest absolute Gasteiger partial charge is 0.157 e. The molecular weight excluding hydrogens is 282 g/mol. The van der Waals surface area contributed by atoms with E-state index in [0.717, 1.165) is 39.1 Å². The summed E-state index contributed by atoms with van der Waals surface area (Å²) in [7, 11) is 0. The Labute approximate surface area is 135 Å². The van der Waals surface area contributed by atoms with Gasteiger partial charge >= 0.3 is 0 Å². The lowest BCUT2D eigenvalue weighted by atomic mass is 10.1. The van der Waals surface area contributed by atoms with Crippen LogP contribution in [0.1, 0.15) is 71.1 Å². The Kier molecular flexibility index (Phi) is 17.4. The topological polar surface area (TPSA) is 76.4 Å². The number of morpholine rings is 1. The van der Waals surface area contributed by atoms with Crippen LogP contribution in [-0.2, 0) is 4.74 Å². The molecule has 0 bridgehead atoms. The predicted molar refractivity (Wildman–Crippen MR) is 90.5 cm³/mol. The van der Waals surface area contributed by atoms with Crippen LogP contribution in [0.3, 0.4) is 0 Å². The van der Waals surface area contributed by atoms with Gasteiger partial charge in [0.2, 0.25) is 0 Å². The third-order valence-corrected chi connectivity index (χ3v) is 3.62. The summed E-state index contributed by atoms with van der Waals surface area (Å²) in [6.45, 7) is 6.57. The van der Waals surface area contributed by atoms with Crippen LogP contribution in [0, 0.1) is 10.1 Å². The highest BCUT2D eigenvalue weighted by atomic mass is 16.7. The van der Waals surface area contributed by atoms with Crippen molar-refractivity contribution in [2.75, 3.05) is 32.8 Å². The molecule has 0 radical (unpaired) electrons. The second kappa shape index (κ2) is 18.2. The lowest BCUT2D eigenvalue weighted by Gasteiger charge is -2.10. The third-order valence-electron chi connectivity index (χ3n) is 3.62. The minimum atomic E-state index is -0.465. The van der Waals surface area contributed by atoms with Crippen molar-refractivity contribution in [1.82, 2.24) is 10.7 Å². The van der Waals surface area contributed by atoms with Gasteiger partial charge in [0, 0.05) is 13.1 Å². The molecule has 132 valence electrons. The van der Waals surface area contributed by atoms with Crippen molar-refractivity contribution in [1.29, 1.82) is 0 Å². The van der Waals surface area contributed by atoms with Crippen molar-refractivity contribution in [2.45, 2.75) is 71.1 Å². The summed E-state index contributed by atoms with van der Waals surface area (Å²) in [4.78, 5) is 9.95. The Morgan fingerprint density at radius 3 is 1.82 bits per heavy atom. The number of hydrogen-bond acceptors (Lipinski definition) is 4. The normalized spacial score (nSPS) is 14.0. The molecule has 22 heavy (non-hydrogen) atoms. The lowest BCUT2D eigenvalue weighted by molar-refractivity contribution is -0.544. The van der Waals surface area contributed by atoms with Gasteiger partial charge in [-0.1, -0.05) is 64.7 Å². The quantitative estimate of drug-likeness (QED) is 0.328. The molecule has 1 rings (SSSR count). The number of nitro groups is 1. The summed E-state index contributed by atoms with van der Waals surface area (Å²) in [5, 5.41) is 12.6. The molecule has 6 heteroatoms. The van der Waals surface area contributed by atoms with Crippen molar-refractivity contribution >= 4 is 0 Å². The Hall–Kier alpha value is -0.880. The highest BCUT2D eigenvalue weighted by Gasteiger charge is 1.95. The fraction of sp³-hybridized carbons (Fsp3) is 1.00. The molecule has 1 saturated heterocycles. The molecule has 0 unspecified atom stereocenters. The van der Waals surface area contributed by atoms with Crippen molar-refractivity contribution in [2.24, 2.45) is 0 Å². The van der Waals surface area contributed by atoms with Crippen LogP contribution in [0.2, 0.25) is 0 Å². The van der Waals surface area contributed by atoms with Crippen LogP contribution in [0.5, 0.6) is 0 Å². The Morgan fingerprint density at radius 1 is 0.955 bits per heavy atom. The zero-order valence-corrected chi connectivity index (χ0v) is 14.3. The number of nitrogens with one attached hydrogen (secondary N) is 2. The maximum atomic E-state index is 9.95. The van der Waals surface area contributed by atoms with E-state index in [4.69, 9.17) is 4.74 Å².